The van der Waals surface area contributed by atoms with Gasteiger partial charge in [0.15, 0.2) is 36.2 Å². The van der Waals surface area contributed by atoms with Crippen LogP contribution in [-0.4, -0.2) is 111 Å². The molecular weight excluding hydrogens is 638 g/mol. The minimum Gasteiger partial charge on any atom is -0.477 e. The van der Waals surface area contributed by atoms with E-state index in [4.69, 9.17) is 24.8 Å². The summed E-state index contributed by atoms with van der Waals surface area (Å²) in [5.41, 5.74) is 5.94. The lowest BCUT2D eigenvalue weighted by Gasteiger charge is -2.20. The van der Waals surface area contributed by atoms with Crippen LogP contribution in [0.1, 0.15) is 22.8 Å². The molecule has 2 aliphatic rings. The Morgan fingerprint density at radius 1 is 0.977 bits per heavy atom. The number of hydrogen-bond acceptors (Lipinski definition) is 16. The zero-order valence-electron chi connectivity index (χ0n) is 22.1. The Kier molecular flexibility index (Phi) is 9.13. The van der Waals surface area contributed by atoms with E-state index in [1.54, 1.807) is 0 Å². The maximum atomic E-state index is 12.4. The third-order valence-electron chi connectivity index (χ3n) is 6.71. The first-order valence-corrected chi connectivity index (χ1v) is 15.5. The smallest absolute Gasteiger partial charge is 0.477 e. The van der Waals surface area contributed by atoms with Crippen molar-refractivity contribution in [2.45, 2.75) is 49.1 Å². The number of imidazole rings is 1. The normalized spacial score (nSPS) is 31.6. The van der Waals surface area contributed by atoms with E-state index in [2.05, 4.69) is 23.8 Å². The van der Waals surface area contributed by atoms with Crippen LogP contribution < -0.4 is 10.3 Å². The summed E-state index contributed by atoms with van der Waals surface area (Å²) in [6.45, 7) is -1.83. The Morgan fingerprint density at radius 2 is 1.61 bits per heavy atom. The summed E-state index contributed by atoms with van der Waals surface area (Å²) in [5.74, 6) is -1.22. The number of fused-ring (bicyclic) bond motifs is 1. The number of nitrogens with zero attached hydrogens (tertiary/aromatic N) is 5. The summed E-state index contributed by atoms with van der Waals surface area (Å²) in [4.78, 5) is 43.1. The van der Waals surface area contributed by atoms with Crippen molar-refractivity contribution < 1.29 is 76.6 Å². The van der Waals surface area contributed by atoms with Crippen molar-refractivity contribution in [1.29, 1.82) is 0 Å². The van der Waals surface area contributed by atoms with Crippen molar-refractivity contribution in [2.75, 3.05) is 18.9 Å². The number of carboxylic acid groups (broad SMARTS) is 1. The van der Waals surface area contributed by atoms with E-state index >= 15 is 0 Å². The molecule has 0 aromatic carbocycles. The number of phosphoric acid groups is 2. The molecule has 2 fully saturated rings. The van der Waals surface area contributed by atoms with E-state index in [9.17, 15) is 44.1 Å². The van der Waals surface area contributed by atoms with E-state index in [0.717, 1.165) is 17.1 Å². The lowest BCUT2D eigenvalue weighted by atomic mass is 10.1. The van der Waals surface area contributed by atoms with Crippen LogP contribution in [0.2, 0.25) is 0 Å². The molecular formula is C21H27N6O15P2+. The predicted molar refractivity (Wildman–Crippen MR) is 138 cm³/mol. The number of hydrogen-bond donors (Lipinski definition) is 8. The number of aromatic carboxylic acids is 1. The summed E-state index contributed by atoms with van der Waals surface area (Å²) < 4.78 is 51.8. The van der Waals surface area contributed by atoms with Gasteiger partial charge in [-0.25, -0.2) is 28.9 Å². The SMILES string of the molecule is Nc1ncnc2c1ncn2[C@H]1O[C@@H](COP(=O)(O)OP(=O)(O)OC[C@H]2O[C@@H]([n+]3cccc(C(=O)O)c3)[C@@H](O)C2O)[C@@H](O)C1O. The predicted octanol–water partition coefficient (Wildman–Crippen LogP) is -2.42. The number of rotatable bonds is 11. The second kappa shape index (κ2) is 12.4. The van der Waals surface area contributed by atoms with Crippen LogP contribution in [0, 0.1) is 0 Å². The van der Waals surface area contributed by atoms with Crippen LogP contribution >= 0.6 is 15.6 Å². The molecule has 0 aliphatic carbocycles. The van der Waals surface area contributed by atoms with E-state index in [1.807, 2.05) is 0 Å². The number of aromatic nitrogens is 5. The summed E-state index contributed by atoms with van der Waals surface area (Å²) in [6.07, 6.45) is -7.22. The molecule has 0 saturated carbocycles. The molecule has 240 valence electrons. The minimum absolute atomic E-state index is 0.0464. The lowest BCUT2D eigenvalue weighted by Crippen LogP contribution is -2.46. The highest BCUT2D eigenvalue weighted by Gasteiger charge is 2.50. The Morgan fingerprint density at radius 3 is 2.27 bits per heavy atom. The number of aliphatic hydroxyl groups excluding tert-OH is 4. The van der Waals surface area contributed by atoms with Gasteiger partial charge in [0.1, 0.15) is 47.9 Å². The van der Waals surface area contributed by atoms with Gasteiger partial charge in [-0.3, -0.25) is 13.6 Å². The van der Waals surface area contributed by atoms with Crippen molar-refractivity contribution in [3.8, 4) is 0 Å². The molecule has 44 heavy (non-hydrogen) atoms. The first kappa shape index (κ1) is 32.4. The molecule has 3 aromatic rings. The molecule has 23 heteroatoms. The highest BCUT2D eigenvalue weighted by atomic mass is 31.3. The van der Waals surface area contributed by atoms with Gasteiger partial charge in [0.05, 0.1) is 19.5 Å². The Balaban J connectivity index is 1.16. The second-order valence-electron chi connectivity index (χ2n) is 9.63. The third kappa shape index (κ3) is 6.65. The number of nitrogen functional groups attached to an aromatic ring is 1. The molecule has 4 unspecified atom stereocenters. The molecule has 0 spiro atoms. The topological polar surface area (TPSA) is 312 Å². The molecule has 0 amide bonds. The molecule has 0 radical (unpaired) electrons. The number of nitrogens with two attached hydrogens (primary N) is 1. The average Bonchev–Trinajstić information content (AvgIpc) is 3.61. The van der Waals surface area contributed by atoms with Crippen molar-refractivity contribution in [2.24, 2.45) is 0 Å². The average molecular weight is 665 g/mol. The van der Waals surface area contributed by atoms with Crippen LogP contribution in [0.4, 0.5) is 5.82 Å². The van der Waals surface area contributed by atoms with Crippen LogP contribution in [0.5, 0.6) is 0 Å². The fraction of sp³-hybridized carbons (Fsp3) is 0.476. The van der Waals surface area contributed by atoms with Gasteiger partial charge in [0, 0.05) is 6.07 Å². The first-order valence-electron chi connectivity index (χ1n) is 12.5. The number of anilines is 1. The molecule has 5 rings (SSSR count). The van der Waals surface area contributed by atoms with Gasteiger partial charge in [0.25, 0.3) is 6.23 Å². The van der Waals surface area contributed by atoms with E-state index < -0.39 is 83.9 Å². The molecule has 10 atom stereocenters. The largest absolute Gasteiger partial charge is 0.481 e. The van der Waals surface area contributed by atoms with E-state index in [-0.39, 0.29) is 22.5 Å². The van der Waals surface area contributed by atoms with Crippen molar-refractivity contribution in [1.82, 2.24) is 19.5 Å². The first-order chi connectivity index (χ1) is 20.7. The quantitative estimate of drug-likeness (QED) is 0.0780. The molecule has 21 nitrogen and oxygen atoms in total. The Hall–Kier alpha value is -3.01. The van der Waals surface area contributed by atoms with Gasteiger partial charge in [-0.05, 0) is 6.07 Å². The molecule has 5 heterocycles. The number of ether oxygens (including phenoxy) is 2. The van der Waals surface area contributed by atoms with Gasteiger partial charge in [-0.15, -0.1) is 0 Å². The van der Waals surface area contributed by atoms with Gasteiger partial charge < -0.3 is 50.5 Å². The maximum Gasteiger partial charge on any atom is 0.481 e. The van der Waals surface area contributed by atoms with Crippen molar-refractivity contribution in [3.63, 3.8) is 0 Å². The van der Waals surface area contributed by atoms with E-state index in [0.29, 0.717) is 0 Å². The second-order valence-corrected chi connectivity index (χ2v) is 12.7. The van der Waals surface area contributed by atoms with Gasteiger partial charge in [-0.1, -0.05) is 0 Å². The summed E-state index contributed by atoms with van der Waals surface area (Å²) >= 11 is 0. The number of carboxylic acids is 1. The zero-order chi connectivity index (χ0) is 32.0. The number of phosphoric ester groups is 2. The highest BCUT2D eigenvalue weighted by Crippen LogP contribution is 2.60. The monoisotopic (exact) mass is 665 g/mol. The van der Waals surface area contributed by atoms with Gasteiger partial charge in [-0.2, -0.15) is 8.88 Å². The fourth-order valence-electron chi connectivity index (χ4n) is 4.56. The standard InChI is InChI=1S/C21H26N6O15P2/c22-17-12-18(24-7-23-17)27(8-25-12)20-16(31)14(29)11(41-20)6-39-44(36,37)42-43(34,35)38-5-10-13(28)15(30)19(40-10)26-3-1-2-9(4-26)21(32)33/h1-4,7-8,10-11,13-16,19-20,28-31H,5-6H2,(H4-,22,23,24,32,33,34,35,36,37)/p+1/t10-,11+,13?,14-,15+,16?,19-,20+/m1/s1. The highest BCUT2D eigenvalue weighted by molar-refractivity contribution is 7.61. The summed E-state index contributed by atoms with van der Waals surface area (Å²) in [7, 11) is -10.8. The Bertz CT molecular complexity index is 1630. The lowest BCUT2D eigenvalue weighted by molar-refractivity contribution is -0.765. The summed E-state index contributed by atoms with van der Waals surface area (Å²) in [5, 5.41) is 50.7. The Labute approximate surface area is 245 Å². The number of carbonyl (C=O) groups is 1. The fourth-order valence-corrected chi connectivity index (χ4v) is 6.65. The minimum atomic E-state index is -5.38. The molecule has 2 saturated heterocycles. The van der Waals surface area contributed by atoms with Crippen LogP contribution in [0.25, 0.3) is 11.2 Å². The molecule has 2 aliphatic heterocycles. The molecule has 9 N–H and O–H groups in total. The van der Waals surface area contributed by atoms with Crippen molar-refractivity contribution >= 4 is 38.6 Å². The van der Waals surface area contributed by atoms with Gasteiger partial charge in [0.2, 0.25) is 0 Å². The zero-order valence-corrected chi connectivity index (χ0v) is 23.9. The van der Waals surface area contributed by atoms with Crippen molar-refractivity contribution in [3.05, 3.63) is 42.7 Å². The van der Waals surface area contributed by atoms with Crippen LogP contribution in [0.15, 0.2) is 37.2 Å². The number of aliphatic hydroxyl groups is 4. The van der Waals surface area contributed by atoms with Gasteiger partial charge >= 0.3 is 21.6 Å². The molecule has 3 aromatic heterocycles. The maximum absolute atomic E-state index is 12.4. The molecule has 0 bridgehead atoms. The van der Waals surface area contributed by atoms with Crippen LogP contribution in [-0.2, 0) is 32.0 Å². The van der Waals surface area contributed by atoms with Crippen LogP contribution in [0.3, 0.4) is 0 Å². The third-order valence-corrected chi connectivity index (χ3v) is 9.31. The summed E-state index contributed by atoms with van der Waals surface area (Å²) in [6, 6.07) is 2.63. The number of pyridine rings is 1. The van der Waals surface area contributed by atoms with E-state index in [1.165, 1.54) is 29.2 Å².